The molecule has 0 amide bonds. The van der Waals surface area contributed by atoms with Gasteiger partial charge in [-0.25, -0.2) is 0 Å². The minimum atomic E-state index is 0.407. The number of unbranched alkanes of at least 4 members (excludes halogenated alkanes) is 1. The molecule has 0 aromatic rings. The lowest BCUT2D eigenvalue weighted by Gasteiger charge is -2.25. The first-order valence-electron chi connectivity index (χ1n) is 8.48. The quantitative estimate of drug-likeness (QED) is 0.492. The molecule has 2 aliphatic heterocycles. The van der Waals surface area contributed by atoms with Crippen LogP contribution in [-0.4, -0.2) is 50.8 Å². The number of hydrogen-bond acceptors (Lipinski definition) is 2. The Morgan fingerprint density at radius 3 is 2.71 bits per heavy atom. The summed E-state index contributed by atoms with van der Waals surface area (Å²) in [5.74, 6) is 1.08. The van der Waals surface area contributed by atoms with Gasteiger partial charge in [-0.05, 0) is 31.1 Å². The average molecular weight is 295 g/mol. The summed E-state index contributed by atoms with van der Waals surface area (Å²) in [4.78, 5) is 6.88. The van der Waals surface area contributed by atoms with Crippen LogP contribution >= 0.6 is 0 Å². The van der Waals surface area contributed by atoms with E-state index in [0.29, 0.717) is 10.8 Å². The molecular weight excluding hydrogens is 262 g/mol. The zero-order valence-corrected chi connectivity index (χ0v) is 14.4. The van der Waals surface area contributed by atoms with Crippen molar-refractivity contribution in [2.75, 3.05) is 39.9 Å². The predicted octanol–water partition coefficient (Wildman–Crippen LogP) is 2.89. The summed E-state index contributed by atoms with van der Waals surface area (Å²) < 4.78 is 5.60. The topological polar surface area (TPSA) is 36.9 Å². The fourth-order valence-electron chi connectivity index (χ4n) is 3.40. The normalized spacial score (nSPS) is 26.9. The zero-order valence-electron chi connectivity index (χ0n) is 14.4. The van der Waals surface area contributed by atoms with Gasteiger partial charge >= 0.3 is 0 Å². The van der Waals surface area contributed by atoms with E-state index in [1.807, 2.05) is 7.05 Å². The molecule has 1 atom stereocenters. The Morgan fingerprint density at radius 1 is 1.29 bits per heavy atom. The molecule has 4 heteroatoms. The largest absolute Gasteiger partial charge is 0.381 e. The van der Waals surface area contributed by atoms with Crippen LogP contribution < -0.4 is 5.32 Å². The predicted molar refractivity (Wildman–Crippen MR) is 88.7 cm³/mol. The van der Waals surface area contributed by atoms with Crippen molar-refractivity contribution in [3.8, 4) is 0 Å². The molecule has 1 N–H and O–H groups in total. The van der Waals surface area contributed by atoms with Crippen LogP contribution in [0.25, 0.3) is 0 Å². The van der Waals surface area contributed by atoms with E-state index in [2.05, 4.69) is 36.0 Å². The molecule has 0 saturated carbocycles. The highest BCUT2D eigenvalue weighted by Crippen LogP contribution is 2.38. The SMILES string of the molecule is CN=C(NCCCCC(C)(C)C)N1CCC2(CCOC2)C1. The molecule has 0 aliphatic carbocycles. The maximum Gasteiger partial charge on any atom is 0.193 e. The zero-order chi connectivity index (χ0) is 15.3. The van der Waals surface area contributed by atoms with Crippen LogP contribution in [0.4, 0.5) is 0 Å². The fraction of sp³-hybridized carbons (Fsp3) is 0.941. The van der Waals surface area contributed by atoms with Crippen molar-refractivity contribution in [1.82, 2.24) is 10.2 Å². The Kier molecular flexibility index (Phi) is 5.53. The molecule has 2 fully saturated rings. The van der Waals surface area contributed by atoms with Gasteiger partial charge in [0.2, 0.25) is 0 Å². The Balaban J connectivity index is 1.69. The van der Waals surface area contributed by atoms with Gasteiger partial charge in [-0.1, -0.05) is 27.2 Å². The fourth-order valence-corrected chi connectivity index (χ4v) is 3.40. The minimum absolute atomic E-state index is 0.407. The van der Waals surface area contributed by atoms with Crippen molar-refractivity contribution in [3.63, 3.8) is 0 Å². The number of nitrogens with zero attached hydrogens (tertiary/aromatic N) is 2. The smallest absolute Gasteiger partial charge is 0.193 e. The van der Waals surface area contributed by atoms with Gasteiger partial charge in [0.15, 0.2) is 5.96 Å². The number of likely N-dealkylation sites (tertiary alicyclic amines) is 1. The molecular formula is C17H33N3O. The first kappa shape index (κ1) is 16.6. The van der Waals surface area contributed by atoms with Crippen LogP contribution in [0.1, 0.15) is 52.9 Å². The van der Waals surface area contributed by atoms with Gasteiger partial charge < -0.3 is 15.0 Å². The standard InChI is InChI=1S/C17H33N3O/c1-16(2,3)7-5-6-10-19-15(18-4)20-11-8-17(13-20)9-12-21-14-17/h5-14H2,1-4H3,(H,18,19). The summed E-state index contributed by atoms with van der Waals surface area (Å²) in [5, 5.41) is 3.54. The number of hydrogen-bond donors (Lipinski definition) is 1. The van der Waals surface area contributed by atoms with Gasteiger partial charge in [-0.2, -0.15) is 0 Å². The van der Waals surface area contributed by atoms with Gasteiger partial charge in [0, 0.05) is 38.7 Å². The van der Waals surface area contributed by atoms with E-state index in [0.717, 1.165) is 38.8 Å². The first-order chi connectivity index (χ1) is 9.94. The van der Waals surface area contributed by atoms with Crippen LogP contribution in [0.2, 0.25) is 0 Å². The molecule has 4 nitrogen and oxygen atoms in total. The highest BCUT2D eigenvalue weighted by Gasteiger charge is 2.42. The molecule has 21 heavy (non-hydrogen) atoms. The lowest BCUT2D eigenvalue weighted by molar-refractivity contribution is 0.156. The van der Waals surface area contributed by atoms with E-state index < -0.39 is 0 Å². The van der Waals surface area contributed by atoms with Crippen molar-refractivity contribution in [2.45, 2.75) is 52.9 Å². The van der Waals surface area contributed by atoms with Crippen molar-refractivity contribution in [1.29, 1.82) is 0 Å². The van der Waals surface area contributed by atoms with Gasteiger partial charge in [-0.15, -0.1) is 0 Å². The molecule has 0 radical (unpaired) electrons. The van der Waals surface area contributed by atoms with E-state index in [4.69, 9.17) is 4.74 Å². The van der Waals surface area contributed by atoms with E-state index in [1.54, 1.807) is 0 Å². The Labute approximate surface area is 130 Å². The monoisotopic (exact) mass is 295 g/mol. The molecule has 122 valence electrons. The van der Waals surface area contributed by atoms with Crippen LogP contribution in [0.5, 0.6) is 0 Å². The molecule has 0 bridgehead atoms. The van der Waals surface area contributed by atoms with Gasteiger partial charge in [0.25, 0.3) is 0 Å². The summed E-state index contributed by atoms with van der Waals surface area (Å²) in [7, 11) is 1.90. The number of rotatable bonds is 4. The number of ether oxygens (including phenoxy) is 1. The van der Waals surface area contributed by atoms with E-state index in [1.165, 1.54) is 32.1 Å². The summed E-state index contributed by atoms with van der Waals surface area (Å²) in [6.07, 6.45) is 6.25. The molecule has 1 unspecified atom stereocenters. The Morgan fingerprint density at radius 2 is 2.10 bits per heavy atom. The van der Waals surface area contributed by atoms with Gasteiger partial charge in [0.1, 0.15) is 0 Å². The second-order valence-electron chi connectivity index (χ2n) is 7.97. The van der Waals surface area contributed by atoms with Crippen LogP contribution in [0, 0.1) is 10.8 Å². The van der Waals surface area contributed by atoms with Crippen molar-refractivity contribution in [3.05, 3.63) is 0 Å². The summed E-state index contributed by atoms with van der Waals surface area (Å²) >= 11 is 0. The third kappa shape index (κ3) is 4.87. The van der Waals surface area contributed by atoms with Crippen LogP contribution in [0.3, 0.4) is 0 Å². The maximum absolute atomic E-state index is 5.60. The second kappa shape index (κ2) is 6.99. The number of aliphatic imine (C=N–C) groups is 1. The van der Waals surface area contributed by atoms with E-state index in [-0.39, 0.29) is 0 Å². The van der Waals surface area contributed by atoms with Gasteiger partial charge in [-0.3, -0.25) is 4.99 Å². The van der Waals surface area contributed by atoms with Crippen molar-refractivity contribution < 1.29 is 4.74 Å². The number of nitrogens with one attached hydrogen (secondary N) is 1. The second-order valence-corrected chi connectivity index (χ2v) is 7.97. The highest BCUT2D eigenvalue weighted by atomic mass is 16.5. The summed E-state index contributed by atoms with van der Waals surface area (Å²) in [6.45, 7) is 12.1. The van der Waals surface area contributed by atoms with Crippen molar-refractivity contribution in [2.24, 2.45) is 15.8 Å². The molecule has 0 aromatic heterocycles. The molecule has 1 spiro atoms. The molecule has 2 saturated heterocycles. The third-order valence-electron chi connectivity index (χ3n) is 4.77. The third-order valence-corrected chi connectivity index (χ3v) is 4.77. The maximum atomic E-state index is 5.60. The first-order valence-corrected chi connectivity index (χ1v) is 8.48. The summed E-state index contributed by atoms with van der Waals surface area (Å²) in [5.41, 5.74) is 0.856. The minimum Gasteiger partial charge on any atom is -0.381 e. The molecule has 0 aromatic carbocycles. The average Bonchev–Trinajstić information content (AvgIpc) is 3.04. The highest BCUT2D eigenvalue weighted by molar-refractivity contribution is 5.80. The lowest BCUT2D eigenvalue weighted by atomic mass is 9.87. The van der Waals surface area contributed by atoms with Crippen LogP contribution in [0.15, 0.2) is 4.99 Å². The number of guanidine groups is 1. The van der Waals surface area contributed by atoms with Crippen LogP contribution in [-0.2, 0) is 4.74 Å². The Bertz CT molecular complexity index is 354. The lowest BCUT2D eigenvalue weighted by Crippen LogP contribution is -2.41. The van der Waals surface area contributed by atoms with E-state index >= 15 is 0 Å². The molecule has 2 rings (SSSR count). The Hall–Kier alpha value is -0.770. The van der Waals surface area contributed by atoms with E-state index in [9.17, 15) is 0 Å². The molecule has 2 aliphatic rings. The molecule has 2 heterocycles. The summed E-state index contributed by atoms with van der Waals surface area (Å²) in [6, 6.07) is 0. The van der Waals surface area contributed by atoms with Gasteiger partial charge in [0.05, 0.1) is 6.61 Å². The van der Waals surface area contributed by atoms with Crippen molar-refractivity contribution >= 4 is 5.96 Å².